The standard InChI is InChI=1S/C25H22Cl2N2O/c1-2-11-30-25-20(26)12-16(13-21(25)27)24-19-14-28-10-9-18(19)23-17-6-4-3-5-15(17)7-8-22(23)29-24/h3-8,12-13,28H,2,9-11,14H2,1H3. The van der Waals surface area contributed by atoms with Gasteiger partial charge in [0, 0.05) is 17.5 Å². The zero-order valence-electron chi connectivity index (χ0n) is 16.8. The normalized spacial score (nSPS) is 13.6. The Balaban J connectivity index is 1.75. The lowest BCUT2D eigenvalue weighted by atomic mass is 9.90. The van der Waals surface area contributed by atoms with Crippen LogP contribution in [0.5, 0.6) is 5.75 Å². The van der Waals surface area contributed by atoms with Gasteiger partial charge in [-0.05, 0) is 59.5 Å². The van der Waals surface area contributed by atoms with Crippen molar-refractivity contribution in [3.8, 4) is 17.0 Å². The van der Waals surface area contributed by atoms with E-state index >= 15 is 0 Å². The number of nitrogens with zero attached hydrogens (tertiary/aromatic N) is 1. The van der Waals surface area contributed by atoms with Crippen LogP contribution in [0.1, 0.15) is 24.5 Å². The summed E-state index contributed by atoms with van der Waals surface area (Å²) in [5.74, 6) is 0.544. The third kappa shape index (κ3) is 3.31. The largest absolute Gasteiger partial charge is 0.490 e. The fourth-order valence-corrected chi connectivity index (χ4v) is 4.92. The van der Waals surface area contributed by atoms with Crippen LogP contribution in [-0.4, -0.2) is 18.1 Å². The van der Waals surface area contributed by atoms with E-state index in [1.165, 1.54) is 27.3 Å². The quantitative estimate of drug-likeness (QED) is 0.357. The first-order valence-corrected chi connectivity index (χ1v) is 11.1. The van der Waals surface area contributed by atoms with Gasteiger partial charge in [0.25, 0.3) is 0 Å². The first-order chi connectivity index (χ1) is 14.7. The molecule has 4 aromatic rings. The fraction of sp³-hybridized carbons (Fsp3) is 0.240. The SMILES string of the molecule is CCCOc1c(Cl)cc(-c2nc3ccc4ccccc4c3c3c2CNCC3)cc1Cl. The molecule has 0 saturated carbocycles. The lowest BCUT2D eigenvalue weighted by Crippen LogP contribution is -2.25. The van der Waals surface area contributed by atoms with Gasteiger partial charge in [0.05, 0.1) is 27.9 Å². The number of halogens is 2. The number of hydrogen-bond donors (Lipinski definition) is 1. The molecule has 0 aliphatic carbocycles. The Hall–Kier alpha value is -2.33. The second-order valence-corrected chi connectivity index (χ2v) is 8.46. The van der Waals surface area contributed by atoms with Gasteiger partial charge in [0.2, 0.25) is 0 Å². The molecule has 1 aliphatic rings. The summed E-state index contributed by atoms with van der Waals surface area (Å²) in [6.45, 7) is 4.37. The summed E-state index contributed by atoms with van der Waals surface area (Å²) >= 11 is 13.1. The van der Waals surface area contributed by atoms with E-state index in [0.29, 0.717) is 22.4 Å². The molecular weight excluding hydrogens is 415 g/mol. The average molecular weight is 437 g/mol. The summed E-state index contributed by atoms with van der Waals surface area (Å²) in [5, 5.41) is 8.29. The Morgan fingerprint density at radius 3 is 2.63 bits per heavy atom. The minimum Gasteiger partial charge on any atom is -0.490 e. The van der Waals surface area contributed by atoms with Crippen molar-refractivity contribution in [2.45, 2.75) is 26.3 Å². The van der Waals surface area contributed by atoms with Crippen LogP contribution in [0.2, 0.25) is 10.0 Å². The van der Waals surface area contributed by atoms with Crippen molar-refractivity contribution in [2.24, 2.45) is 0 Å². The molecule has 1 aliphatic heterocycles. The molecule has 1 aromatic heterocycles. The summed E-state index contributed by atoms with van der Waals surface area (Å²) in [6.07, 6.45) is 1.86. The summed E-state index contributed by atoms with van der Waals surface area (Å²) in [4.78, 5) is 5.08. The molecule has 3 nitrogen and oxygen atoms in total. The number of nitrogens with one attached hydrogen (secondary N) is 1. The third-order valence-corrected chi connectivity index (χ3v) is 6.23. The lowest BCUT2D eigenvalue weighted by Gasteiger charge is -2.23. The van der Waals surface area contributed by atoms with Crippen LogP contribution in [0.4, 0.5) is 0 Å². The molecule has 0 bridgehead atoms. The van der Waals surface area contributed by atoms with Gasteiger partial charge in [0.1, 0.15) is 0 Å². The topological polar surface area (TPSA) is 34.1 Å². The molecule has 0 radical (unpaired) electrons. The number of benzene rings is 3. The van der Waals surface area contributed by atoms with E-state index in [4.69, 9.17) is 32.9 Å². The Kier molecular flexibility index (Phi) is 5.28. The number of fused-ring (bicyclic) bond motifs is 5. The van der Waals surface area contributed by atoms with E-state index in [9.17, 15) is 0 Å². The molecule has 0 saturated heterocycles. The molecule has 0 amide bonds. The van der Waals surface area contributed by atoms with Gasteiger partial charge in [-0.3, -0.25) is 0 Å². The van der Waals surface area contributed by atoms with Crippen molar-refractivity contribution >= 4 is 44.9 Å². The van der Waals surface area contributed by atoms with Crippen LogP contribution in [-0.2, 0) is 13.0 Å². The van der Waals surface area contributed by atoms with Crippen LogP contribution in [0, 0.1) is 0 Å². The predicted octanol–water partition coefficient (Wildman–Crippen LogP) is 6.80. The maximum Gasteiger partial charge on any atom is 0.156 e. The van der Waals surface area contributed by atoms with Gasteiger partial charge >= 0.3 is 0 Å². The van der Waals surface area contributed by atoms with Crippen molar-refractivity contribution < 1.29 is 4.74 Å². The van der Waals surface area contributed by atoms with E-state index in [2.05, 4.69) is 48.6 Å². The number of hydrogen-bond acceptors (Lipinski definition) is 3. The number of rotatable bonds is 4. The second kappa shape index (κ2) is 8.07. The molecule has 0 spiro atoms. The van der Waals surface area contributed by atoms with E-state index in [1.807, 2.05) is 12.1 Å². The van der Waals surface area contributed by atoms with Crippen LogP contribution in [0.3, 0.4) is 0 Å². The average Bonchev–Trinajstić information content (AvgIpc) is 2.77. The van der Waals surface area contributed by atoms with E-state index < -0.39 is 0 Å². The van der Waals surface area contributed by atoms with E-state index in [0.717, 1.165) is 42.7 Å². The molecule has 3 aromatic carbocycles. The number of ether oxygens (including phenoxy) is 1. The molecule has 0 fully saturated rings. The monoisotopic (exact) mass is 436 g/mol. The molecule has 152 valence electrons. The molecule has 30 heavy (non-hydrogen) atoms. The molecule has 0 unspecified atom stereocenters. The second-order valence-electron chi connectivity index (χ2n) is 7.64. The first kappa shape index (κ1) is 19.6. The third-order valence-electron chi connectivity index (χ3n) is 5.67. The van der Waals surface area contributed by atoms with Crippen LogP contribution >= 0.6 is 23.2 Å². The van der Waals surface area contributed by atoms with Gasteiger partial charge in [-0.25, -0.2) is 4.98 Å². The van der Waals surface area contributed by atoms with Gasteiger partial charge < -0.3 is 10.1 Å². The highest BCUT2D eigenvalue weighted by molar-refractivity contribution is 6.37. The maximum atomic E-state index is 6.55. The maximum absolute atomic E-state index is 6.55. The minimum absolute atomic E-state index is 0.517. The predicted molar refractivity (Wildman–Crippen MR) is 126 cm³/mol. The van der Waals surface area contributed by atoms with Gasteiger partial charge in [-0.1, -0.05) is 60.5 Å². The van der Waals surface area contributed by atoms with Crippen molar-refractivity contribution in [3.05, 3.63) is 69.7 Å². The Morgan fingerprint density at radius 1 is 1.03 bits per heavy atom. The van der Waals surface area contributed by atoms with Crippen molar-refractivity contribution in [3.63, 3.8) is 0 Å². The first-order valence-electron chi connectivity index (χ1n) is 10.3. The Bertz CT molecular complexity index is 1250. The minimum atomic E-state index is 0.517. The highest BCUT2D eigenvalue weighted by Crippen LogP contribution is 2.41. The summed E-state index contributed by atoms with van der Waals surface area (Å²) in [6, 6.07) is 16.6. The highest BCUT2D eigenvalue weighted by atomic mass is 35.5. The molecule has 2 heterocycles. The van der Waals surface area contributed by atoms with E-state index in [1.54, 1.807) is 0 Å². The number of aromatic nitrogens is 1. The van der Waals surface area contributed by atoms with Gasteiger partial charge in [0.15, 0.2) is 5.75 Å². The summed E-state index contributed by atoms with van der Waals surface area (Å²) < 4.78 is 5.74. The van der Waals surface area contributed by atoms with Crippen LogP contribution < -0.4 is 10.1 Å². The summed E-state index contributed by atoms with van der Waals surface area (Å²) in [7, 11) is 0. The number of pyridine rings is 1. The van der Waals surface area contributed by atoms with E-state index in [-0.39, 0.29) is 0 Å². The lowest BCUT2D eigenvalue weighted by molar-refractivity contribution is 0.318. The molecule has 0 atom stereocenters. The van der Waals surface area contributed by atoms with Gasteiger partial charge in [-0.2, -0.15) is 0 Å². The summed E-state index contributed by atoms with van der Waals surface area (Å²) in [5.41, 5.74) is 5.45. The Labute approximate surface area is 186 Å². The smallest absolute Gasteiger partial charge is 0.156 e. The Morgan fingerprint density at radius 2 is 1.83 bits per heavy atom. The van der Waals surface area contributed by atoms with Crippen LogP contribution in [0.15, 0.2) is 48.5 Å². The van der Waals surface area contributed by atoms with Crippen LogP contribution in [0.25, 0.3) is 32.9 Å². The fourth-order valence-electron chi connectivity index (χ4n) is 4.32. The molecular formula is C25H22Cl2N2O. The van der Waals surface area contributed by atoms with Crippen molar-refractivity contribution in [2.75, 3.05) is 13.2 Å². The highest BCUT2D eigenvalue weighted by Gasteiger charge is 2.22. The molecule has 5 rings (SSSR count). The molecule has 5 heteroatoms. The van der Waals surface area contributed by atoms with Crippen molar-refractivity contribution in [1.29, 1.82) is 0 Å². The van der Waals surface area contributed by atoms with Gasteiger partial charge in [-0.15, -0.1) is 0 Å². The zero-order valence-corrected chi connectivity index (χ0v) is 18.3. The molecule has 1 N–H and O–H groups in total. The zero-order chi connectivity index (χ0) is 20.7. The van der Waals surface area contributed by atoms with Crippen molar-refractivity contribution in [1.82, 2.24) is 10.3 Å².